The van der Waals surface area contributed by atoms with Crippen LogP contribution in [0.4, 0.5) is 4.39 Å². The molecule has 0 radical (unpaired) electrons. The minimum absolute atomic E-state index is 0.107. The molecular weight excluding hydrogens is 329 g/mol. The molecule has 5 heteroatoms. The van der Waals surface area contributed by atoms with Crippen LogP contribution in [-0.2, 0) is 11.3 Å². The average Bonchev–Trinajstić information content (AvgIpc) is 2.79. The number of benzene rings is 2. The topological polar surface area (TPSA) is 20.3 Å². The van der Waals surface area contributed by atoms with E-state index in [1.165, 1.54) is 29.5 Å². The molecule has 1 saturated heterocycles. The van der Waals surface area contributed by atoms with E-state index in [1.807, 2.05) is 31.2 Å². The lowest BCUT2D eigenvalue weighted by atomic mass is 10.1. The van der Waals surface area contributed by atoms with Crippen LogP contribution in [0, 0.1) is 12.7 Å². The molecule has 23 heavy (non-hydrogen) atoms. The van der Waals surface area contributed by atoms with Crippen LogP contribution < -0.4 is 0 Å². The van der Waals surface area contributed by atoms with Gasteiger partial charge in [0.1, 0.15) is 10.1 Å². The van der Waals surface area contributed by atoms with Crippen LogP contribution in [0.15, 0.2) is 53.4 Å². The van der Waals surface area contributed by atoms with E-state index in [2.05, 4.69) is 0 Å². The Morgan fingerprint density at radius 1 is 1.13 bits per heavy atom. The molecule has 1 heterocycles. The molecule has 2 aromatic carbocycles. The number of hydrogen-bond donors (Lipinski definition) is 0. The van der Waals surface area contributed by atoms with Gasteiger partial charge in [0.2, 0.25) is 0 Å². The van der Waals surface area contributed by atoms with Crippen molar-refractivity contribution in [1.29, 1.82) is 0 Å². The van der Waals surface area contributed by atoms with Crippen molar-refractivity contribution in [3.05, 3.63) is 75.9 Å². The van der Waals surface area contributed by atoms with Crippen LogP contribution in [0.5, 0.6) is 0 Å². The average molecular weight is 343 g/mol. The highest BCUT2D eigenvalue weighted by atomic mass is 32.2. The van der Waals surface area contributed by atoms with Crippen molar-refractivity contribution in [3.63, 3.8) is 0 Å². The van der Waals surface area contributed by atoms with E-state index < -0.39 is 0 Å². The van der Waals surface area contributed by atoms with Crippen molar-refractivity contribution >= 4 is 40.3 Å². The molecule has 0 spiro atoms. The molecule has 3 rings (SSSR count). The number of rotatable bonds is 3. The molecule has 0 bridgehead atoms. The van der Waals surface area contributed by atoms with Gasteiger partial charge in [0.25, 0.3) is 5.91 Å². The van der Waals surface area contributed by atoms with E-state index in [1.54, 1.807) is 23.1 Å². The minimum atomic E-state index is -0.297. The maximum atomic E-state index is 12.9. The maximum Gasteiger partial charge on any atom is 0.266 e. The van der Waals surface area contributed by atoms with E-state index in [9.17, 15) is 9.18 Å². The fraction of sp³-hybridized carbons (Fsp3) is 0.111. The molecule has 0 N–H and O–H groups in total. The zero-order chi connectivity index (χ0) is 16.4. The molecule has 2 aromatic rings. The fourth-order valence-corrected chi connectivity index (χ4v) is 3.48. The SMILES string of the molecule is Cc1ccc(CN2C(=O)C(=Cc3ccc(F)cc3)SC2=S)cc1. The number of halogens is 1. The largest absolute Gasteiger partial charge is 0.288 e. The first-order valence-corrected chi connectivity index (χ1v) is 8.32. The zero-order valence-electron chi connectivity index (χ0n) is 12.5. The van der Waals surface area contributed by atoms with Crippen molar-refractivity contribution in [1.82, 2.24) is 4.90 Å². The van der Waals surface area contributed by atoms with Crippen LogP contribution in [-0.4, -0.2) is 15.1 Å². The van der Waals surface area contributed by atoms with Crippen molar-refractivity contribution < 1.29 is 9.18 Å². The van der Waals surface area contributed by atoms with Crippen molar-refractivity contribution in [3.8, 4) is 0 Å². The summed E-state index contributed by atoms with van der Waals surface area (Å²) in [6, 6.07) is 14.1. The second-order valence-electron chi connectivity index (χ2n) is 5.31. The fourth-order valence-electron chi connectivity index (χ4n) is 2.22. The Labute approximate surface area is 144 Å². The number of amides is 1. The van der Waals surface area contributed by atoms with Gasteiger partial charge < -0.3 is 0 Å². The first-order valence-electron chi connectivity index (χ1n) is 7.09. The molecule has 1 aliphatic heterocycles. The first kappa shape index (κ1) is 15.9. The third-order valence-corrected chi connectivity index (χ3v) is 4.88. The molecule has 0 unspecified atom stereocenters. The Bertz CT molecular complexity index is 782. The molecule has 0 aromatic heterocycles. The molecule has 0 aliphatic carbocycles. The number of nitrogens with zero attached hydrogens (tertiary/aromatic N) is 1. The molecule has 116 valence electrons. The Hall–Kier alpha value is -1.98. The molecule has 1 fully saturated rings. The summed E-state index contributed by atoms with van der Waals surface area (Å²) in [7, 11) is 0. The van der Waals surface area contributed by atoms with Crippen LogP contribution in [0.25, 0.3) is 6.08 Å². The number of hydrogen-bond acceptors (Lipinski definition) is 3. The van der Waals surface area contributed by atoms with Crippen LogP contribution >= 0.6 is 24.0 Å². The number of carbonyl (C=O) groups is 1. The summed E-state index contributed by atoms with van der Waals surface area (Å²) >= 11 is 6.60. The maximum absolute atomic E-state index is 12.9. The summed E-state index contributed by atoms with van der Waals surface area (Å²) in [6.45, 7) is 2.49. The highest BCUT2D eigenvalue weighted by Gasteiger charge is 2.31. The van der Waals surface area contributed by atoms with Gasteiger partial charge in [-0.25, -0.2) is 4.39 Å². The van der Waals surface area contributed by atoms with Crippen molar-refractivity contribution in [2.24, 2.45) is 0 Å². The van der Waals surface area contributed by atoms with Gasteiger partial charge in [0.15, 0.2) is 0 Å². The lowest BCUT2D eigenvalue weighted by Gasteiger charge is -2.14. The second kappa shape index (κ2) is 6.64. The molecule has 0 saturated carbocycles. The molecule has 1 amide bonds. The highest BCUT2D eigenvalue weighted by molar-refractivity contribution is 8.26. The third-order valence-electron chi connectivity index (χ3n) is 3.50. The summed E-state index contributed by atoms with van der Waals surface area (Å²) in [5, 5.41) is 0. The summed E-state index contributed by atoms with van der Waals surface area (Å²) in [6.07, 6.45) is 1.74. The van der Waals surface area contributed by atoms with Crippen molar-refractivity contribution in [2.45, 2.75) is 13.5 Å². The number of thiocarbonyl (C=S) groups is 1. The summed E-state index contributed by atoms with van der Waals surface area (Å²) < 4.78 is 13.5. The van der Waals surface area contributed by atoms with Gasteiger partial charge in [0, 0.05) is 0 Å². The Balaban J connectivity index is 1.79. The molecule has 0 atom stereocenters. The van der Waals surface area contributed by atoms with E-state index >= 15 is 0 Å². The zero-order valence-corrected chi connectivity index (χ0v) is 14.1. The predicted octanol–water partition coefficient (Wildman–Crippen LogP) is 4.54. The predicted molar refractivity (Wildman–Crippen MR) is 96.3 cm³/mol. The normalized spacial score (nSPS) is 16.4. The summed E-state index contributed by atoms with van der Waals surface area (Å²) in [4.78, 5) is 14.7. The minimum Gasteiger partial charge on any atom is -0.288 e. The lowest BCUT2D eigenvalue weighted by Crippen LogP contribution is -2.27. The van der Waals surface area contributed by atoms with Gasteiger partial charge in [-0.1, -0.05) is 65.9 Å². The monoisotopic (exact) mass is 343 g/mol. The molecule has 2 nitrogen and oxygen atoms in total. The van der Waals surface area contributed by atoms with E-state index in [0.717, 1.165) is 11.1 Å². The molecular formula is C18H14FNOS2. The Kier molecular flexibility index (Phi) is 4.59. The summed E-state index contributed by atoms with van der Waals surface area (Å²) in [5.41, 5.74) is 2.99. The van der Waals surface area contributed by atoms with Gasteiger partial charge in [-0.15, -0.1) is 0 Å². The van der Waals surface area contributed by atoms with E-state index in [0.29, 0.717) is 15.8 Å². The van der Waals surface area contributed by atoms with Crippen LogP contribution in [0.1, 0.15) is 16.7 Å². The number of carbonyl (C=O) groups excluding carboxylic acids is 1. The smallest absolute Gasteiger partial charge is 0.266 e. The van der Waals surface area contributed by atoms with Gasteiger partial charge in [-0.2, -0.15) is 0 Å². The van der Waals surface area contributed by atoms with Gasteiger partial charge in [0.05, 0.1) is 11.4 Å². The van der Waals surface area contributed by atoms with E-state index in [4.69, 9.17) is 12.2 Å². The van der Waals surface area contributed by atoms with E-state index in [-0.39, 0.29) is 11.7 Å². The first-order chi connectivity index (χ1) is 11.0. The van der Waals surface area contributed by atoms with Crippen LogP contribution in [0.3, 0.4) is 0 Å². The third kappa shape index (κ3) is 3.68. The summed E-state index contributed by atoms with van der Waals surface area (Å²) in [5.74, 6) is -0.404. The Morgan fingerprint density at radius 2 is 1.78 bits per heavy atom. The lowest BCUT2D eigenvalue weighted by molar-refractivity contribution is -0.122. The quantitative estimate of drug-likeness (QED) is 0.603. The van der Waals surface area contributed by atoms with Crippen molar-refractivity contribution in [2.75, 3.05) is 0 Å². The van der Waals surface area contributed by atoms with Crippen LogP contribution in [0.2, 0.25) is 0 Å². The molecule has 1 aliphatic rings. The number of aryl methyl sites for hydroxylation is 1. The van der Waals surface area contributed by atoms with Gasteiger partial charge in [-0.05, 0) is 36.3 Å². The Morgan fingerprint density at radius 3 is 2.43 bits per heavy atom. The second-order valence-corrected chi connectivity index (χ2v) is 6.98. The van der Waals surface area contributed by atoms with Gasteiger partial charge >= 0.3 is 0 Å². The van der Waals surface area contributed by atoms with Gasteiger partial charge in [-0.3, -0.25) is 9.69 Å². The highest BCUT2D eigenvalue weighted by Crippen LogP contribution is 2.33. The standard InChI is InChI=1S/C18H14FNOS2/c1-12-2-4-14(5-3-12)11-20-17(21)16(23-18(20)22)10-13-6-8-15(19)9-7-13/h2-10H,11H2,1H3. The number of thioether (sulfide) groups is 1.